The highest BCUT2D eigenvalue weighted by molar-refractivity contribution is 5.96. The lowest BCUT2D eigenvalue weighted by molar-refractivity contribution is -0.137. The predicted molar refractivity (Wildman–Crippen MR) is 78.1 cm³/mol. The van der Waals surface area contributed by atoms with Crippen molar-refractivity contribution in [1.82, 2.24) is 10.6 Å². The molecule has 114 valence electrons. The van der Waals surface area contributed by atoms with Gasteiger partial charge in [0.15, 0.2) is 0 Å². The minimum atomic E-state index is -0.984. The Labute approximate surface area is 123 Å². The average Bonchev–Trinajstić information content (AvgIpc) is 2.38. The van der Waals surface area contributed by atoms with E-state index in [0.29, 0.717) is 5.56 Å². The molecule has 2 amide bonds. The van der Waals surface area contributed by atoms with E-state index in [4.69, 9.17) is 5.11 Å². The Morgan fingerprint density at radius 3 is 2.43 bits per heavy atom. The van der Waals surface area contributed by atoms with Crippen LogP contribution in [0.2, 0.25) is 0 Å². The summed E-state index contributed by atoms with van der Waals surface area (Å²) in [5, 5.41) is 13.6. The molecule has 1 rings (SSSR count). The maximum Gasteiger partial charge on any atom is 0.305 e. The molecule has 0 aliphatic heterocycles. The Morgan fingerprint density at radius 1 is 1.19 bits per heavy atom. The summed E-state index contributed by atoms with van der Waals surface area (Å²) in [6.45, 7) is 5.27. The van der Waals surface area contributed by atoms with Crippen molar-refractivity contribution in [3.8, 4) is 0 Å². The quantitative estimate of drug-likeness (QED) is 0.729. The summed E-state index contributed by atoms with van der Waals surface area (Å²) in [5.41, 5.74) is 2.58. The predicted octanol–water partition coefficient (Wildman–Crippen LogP) is 1.01. The number of carbonyl (C=O) groups is 3. The molecule has 0 radical (unpaired) electrons. The first-order chi connectivity index (χ1) is 9.79. The molecule has 1 atom stereocenters. The van der Waals surface area contributed by atoms with Crippen LogP contribution in [0.3, 0.4) is 0 Å². The largest absolute Gasteiger partial charge is 0.481 e. The normalized spacial score (nSPS) is 11.6. The van der Waals surface area contributed by atoms with Crippen molar-refractivity contribution < 1.29 is 19.5 Å². The third kappa shape index (κ3) is 5.64. The first-order valence-electron chi connectivity index (χ1n) is 6.66. The van der Waals surface area contributed by atoms with Crippen LogP contribution in [0.4, 0.5) is 0 Å². The molecule has 0 aliphatic rings. The zero-order valence-electron chi connectivity index (χ0n) is 12.4. The number of carboxylic acids is 1. The molecule has 0 saturated heterocycles. The molecule has 0 spiro atoms. The van der Waals surface area contributed by atoms with Crippen molar-refractivity contribution in [1.29, 1.82) is 0 Å². The van der Waals surface area contributed by atoms with Gasteiger partial charge in [0.2, 0.25) is 5.91 Å². The van der Waals surface area contributed by atoms with Crippen LogP contribution in [0.5, 0.6) is 0 Å². The Bertz CT molecular complexity index is 555. The topological polar surface area (TPSA) is 95.5 Å². The fourth-order valence-electron chi connectivity index (χ4n) is 1.78. The second-order valence-electron chi connectivity index (χ2n) is 5.05. The molecular formula is C15H20N2O4. The van der Waals surface area contributed by atoms with E-state index in [2.05, 4.69) is 10.6 Å². The molecule has 21 heavy (non-hydrogen) atoms. The van der Waals surface area contributed by atoms with Crippen LogP contribution >= 0.6 is 0 Å². The number of carbonyl (C=O) groups excluding carboxylic acids is 2. The van der Waals surface area contributed by atoms with Gasteiger partial charge in [0, 0.05) is 11.6 Å². The highest BCUT2D eigenvalue weighted by Gasteiger charge is 2.12. The van der Waals surface area contributed by atoms with Gasteiger partial charge < -0.3 is 15.7 Å². The van der Waals surface area contributed by atoms with E-state index in [1.807, 2.05) is 19.9 Å². The number of hydrogen-bond acceptors (Lipinski definition) is 3. The zero-order chi connectivity index (χ0) is 16.0. The molecule has 0 saturated carbocycles. The van der Waals surface area contributed by atoms with Crippen LogP contribution in [-0.2, 0) is 9.59 Å². The number of nitrogens with one attached hydrogen (secondary N) is 2. The maximum absolute atomic E-state index is 11.9. The number of benzene rings is 1. The summed E-state index contributed by atoms with van der Waals surface area (Å²) in [5.74, 6) is -1.73. The van der Waals surface area contributed by atoms with Gasteiger partial charge in [-0.15, -0.1) is 0 Å². The Balaban J connectivity index is 2.47. The number of rotatable bonds is 6. The van der Waals surface area contributed by atoms with Crippen LogP contribution in [0.25, 0.3) is 0 Å². The van der Waals surface area contributed by atoms with Gasteiger partial charge in [-0.1, -0.05) is 6.07 Å². The molecule has 6 nitrogen and oxygen atoms in total. The molecule has 0 fully saturated rings. The van der Waals surface area contributed by atoms with E-state index < -0.39 is 17.9 Å². The van der Waals surface area contributed by atoms with E-state index in [1.54, 1.807) is 19.1 Å². The summed E-state index contributed by atoms with van der Waals surface area (Å²) in [7, 11) is 0. The number of hydrogen-bond donors (Lipinski definition) is 3. The van der Waals surface area contributed by atoms with E-state index >= 15 is 0 Å². The van der Waals surface area contributed by atoms with Gasteiger partial charge in [0.25, 0.3) is 5.91 Å². The Kier molecular flexibility index (Phi) is 5.90. The molecule has 3 N–H and O–H groups in total. The van der Waals surface area contributed by atoms with Crippen LogP contribution < -0.4 is 10.6 Å². The molecule has 0 aliphatic carbocycles. The third-order valence-electron chi connectivity index (χ3n) is 3.07. The smallest absolute Gasteiger partial charge is 0.305 e. The highest BCUT2D eigenvalue weighted by Crippen LogP contribution is 2.09. The molecule has 0 aromatic heterocycles. The molecular weight excluding hydrogens is 272 g/mol. The van der Waals surface area contributed by atoms with Gasteiger partial charge in [-0.05, 0) is 44.0 Å². The second-order valence-corrected chi connectivity index (χ2v) is 5.05. The number of amides is 2. The van der Waals surface area contributed by atoms with Crippen LogP contribution in [0.1, 0.15) is 34.8 Å². The van der Waals surface area contributed by atoms with E-state index in [0.717, 1.165) is 11.1 Å². The molecule has 1 aromatic rings. The highest BCUT2D eigenvalue weighted by atomic mass is 16.4. The van der Waals surface area contributed by atoms with E-state index in [1.165, 1.54) is 0 Å². The first kappa shape index (κ1) is 16.7. The van der Waals surface area contributed by atoms with Crippen molar-refractivity contribution >= 4 is 17.8 Å². The Morgan fingerprint density at radius 2 is 1.86 bits per heavy atom. The fourth-order valence-corrected chi connectivity index (χ4v) is 1.78. The van der Waals surface area contributed by atoms with Gasteiger partial charge in [0.1, 0.15) is 0 Å². The van der Waals surface area contributed by atoms with Gasteiger partial charge >= 0.3 is 5.97 Å². The van der Waals surface area contributed by atoms with Crippen molar-refractivity contribution in [2.75, 3.05) is 6.54 Å². The molecule has 6 heteroatoms. The van der Waals surface area contributed by atoms with Gasteiger partial charge in [0.05, 0.1) is 13.0 Å². The van der Waals surface area contributed by atoms with E-state index in [-0.39, 0.29) is 18.9 Å². The Hall–Kier alpha value is -2.37. The van der Waals surface area contributed by atoms with Gasteiger partial charge in [-0.25, -0.2) is 0 Å². The number of aryl methyl sites for hydroxylation is 2. The SMILES string of the molecule is Cc1ccc(C(=O)NCC(=O)NC(C)CC(=O)O)cc1C. The summed E-state index contributed by atoms with van der Waals surface area (Å²) in [6.07, 6.45) is -0.156. The van der Waals surface area contributed by atoms with Crippen LogP contribution in [-0.4, -0.2) is 35.5 Å². The van der Waals surface area contributed by atoms with Crippen LogP contribution in [0, 0.1) is 13.8 Å². The minimum absolute atomic E-state index is 0.156. The fraction of sp³-hybridized carbons (Fsp3) is 0.400. The summed E-state index contributed by atoms with van der Waals surface area (Å²) in [6, 6.07) is 4.82. The molecule has 1 unspecified atom stereocenters. The summed E-state index contributed by atoms with van der Waals surface area (Å²) < 4.78 is 0. The number of carboxylic acid groups (broad SMARTS) is 1. The van der Waals surface area contributed by atoms with Crippen molar-refractivity contribution in [3.05, 3.63) is 34.9 Å². The van der Waals surface area contributed by atoms with Crippen molar-refractivity contribution in [2.24, 2.45) is 0 Å². The molecule has 1 aromatic carbocycles. The van der Waals surface area contributed by atoms with Crippen molar-refractivity contribution in [2.45, 2.75) is 33.2 Å². The van der Waals surface area contributed by atoms with Crippen LogP contribution in [0.15, 0.2) is 18.2 Å². The lowest BCUT2D eigenvalue weighted by Crippen LogP contribution is -2.41. The molecule has 0 bridgehead atoms. The zero-order valence-corrected chi connectivity index (χ0v) is 12.4. The minimum Gasteiger partial charge on any atom is -0.481 e. The first-order valence-corrected chi connectivity index (χ1v) is 6.66. The lowest BCUT2D eigenvalue weighted by atomic mass is 10.1. The maximum atomic E-state index is 11.9. The second kappa shape index (κ2) is 7.42. The lowest BCUT2D eigenvalue weighted by Gasteiger charge is -2.12. The monoisotopic (exact) mass is 292 g/mol. The summed E-state index contributed by atoms with van der Waals surface area (Å²) >= 11 is 0. The molecule has 0 heterocycles. The van der Waals surface area contributed by atoms with Crippen molar-refractivity contribution in [3.63, 3.8) is 0 Å². The van der Waals surface area contributed by atoms with E-state index in [9.17, 15) is 14.4 Å². The average molecular weight is 292 g/mol. The standard InChI is InChI=1S/C15H20N2O4/c1-9-4-5-12(6-10(9)2)15(21)16-8-13(18)17-11(3)7-14(19)20/h4-6,11H,7-8H2,1-3H3,(H,16,21)(H,17,18)(H,19,20). The third-order valence-corrected chi connectivity index (χ3v) is 3.07. The number of aliphatic carboxylic acids is 1. The summed E-state index contributed by atoms with van der Waals surface area (Å²) in [4.78, 5) is 33.9. The van der Waals surface area contributed by atoms with Gasteiger partial charge in [-0.2, -0.15) is 0 Å². The van der Waals surface area contributed by atoms with Gasteiger partial charge in [-0.3, -0.25) is 14.4 Å².